The van der Waals surface area contributed by atoms with Gasteiger partial charge in [-0.3, -0.25) is 4.98 Å². The van der Waals surface area contributed by atoms with Crippen molar-refractivity contribution in [2.45, 2.75) is 6.92 Å². The molecular weight excluding hydrogens is 322 g/mol. The molecule has 0 saturated carbocycles. The van der Waals surface area contributed by atoms with E-state index in [4.69, 9.17) is 11.6 Å². The van der Waals surface area contributed by atoms with Gasteiger partial charge in [0.25, 0.3) is 0 Å². The number of pyridine rings is 1. The molecule has 3 aromatic heterocycles. The smallest absolute Gasteiger partial charge is 0.149 e. The highest BCUT2D eigenvalue weighted by atomic mass is 35.5. The quantitative estimate of drug-likeness (QED) is 0.599. The average molecular weight is 336 g/mol. The maximum Gasteiger partial charge on any atom is 0.149 e. The van der Waals surface area contributed by atoms with Crippen LogP contribution in [0.25, 0.3) is 16.8 Å². The summed E-state index contributed by atoms with van der Waals surface area (Å²) in [5, 5.41) is 8.42. The minimum absolute atomic E-state index is 0.657. The molecule has 24 heavy (non-hydrogen) atoms. The zero-order valence-electron chi connectivity index (χ0n) is 12.9. The molecule has 118 valence electrons. The molecule has 0 amide bonds. The predicted molar refractivity (Wildman–Crippen MR) is 95.7 cm³/mol. The van der Waals surface area contributed by atoms with E-state index in [9.17, 15) is 0 Å². The molecule has 4 aromatic rings. The Kier molecular flexibility index (Phi) is 3.63. The van der Waals surface area contributed by atoms with E-state index in [0.29, 0.717) is 10.8 Å². The van der Waals surface area contributed by atoms with Crippen LogP contribution in [0.4, 0.5) is 11.5 Å². The monoisotopic (exact) mass is 335 g/mol. The van der Waals surface area contributed by atoms with Crippen molar-refractivity contribution < 1.29 is 0 Å². The summed E-state index contributed by atoms with van der Waals surface area (Å²) in [6.07, 6.45) is 5.36. The third kappa shape index (κ3) is 2.70. The first kappa shape index (κ1) is 14.7. The summed E-state index contributed by atoms with van der Waals surface area (Å²) in [6.45, 7) is 1.97. The summed E-state index contributed by atoms with van der Waals surface area (Å²) in [5.74, 6) is 0.657. The van der Waals surface area contributed by atoms with Gasteiger partial charge in [0.05, 0.1) is 34.9 Å². The summed E-state index contributed by atoms with van der Waals surface area (Å²) in [4.78, 5) is 8.99. The van der Waals surface area contributed by atoms with Gasteiger partial charge in [-0.25, -0.2) is 9.50 Å². The summed E-state index contributed by atoms with van der Waals surface area (Å²) >= 11 is 6.02. The van der Waals surface area contributed by atoms with E-state index in [2.05, 4.69) is 20.4 Å². The number of nitrogens with one attached hydrogen (secondary N) is 1. The van der Waals surface area contributed by atoms with Crippen LogP contribution in [-0.2, 0) is 0 Å². The van der Waals surface area contributed by atoms with Crippen LogP contribution in [0.3, 0.4) is 0 Å². The molecule has 4 rings (SSSR count). The zero-order chi connectivity index (χ0) is 16.5. The highest BCUT2D eigenvalue weighted by molar-refractivity contribution is 6.30. The third-order valence-corrected chi connectivity index (χ3v) is 3.94. The van der Waals surface area contributed by atoms with Gasteiger partial charge < -0.3 is 5.32 Å². The van der Waals surface area contributed by atoms with Crippen molar-refractivity contribution in [1.82, 2.24) is 19.6 Å². The van der Waals surface area contributed by atoms with Gasteiger partial charge >= 0.3 is 0 Å². The van der Waals surface area contributed by atoms with E-state index >= 15 is 0 Å². The van der Waals surface area contributed by atoms with E-state index in [0.717, 1.165) is 28.2 Å². The second kappa shape index (κ2) is 5.94. The normalized spacial score (nSPS) is 10.9. The number of anilines is 2. The Bertz CT molecular complexity index is 1020. The van der Waals surface area contributed by atoms with Crippen molar-refractivity contribution in [1.29, 1.82) is 0 Å². The molecule has 0 saturated heterocycles. The molecule has 0 spiro atoms. The molecule has 6 heteroatoms. The number of fused-ring (bicyclic) bond motifs is 1. The molecule has 1 aromatic carbocycles. The van der Waals surface area contributed by atoms with Gasteiger partial charge in [-0.15, -0.1) is 0 Å². The van der Waals surface area contributed by atoms with Crippen LogP contribution in [-0.4, -0.2) is 19.6 Å². The van der Waals surface area contributed by atoms with Crippen molar-refractivity contribution in [2.75, 3.05) is 5.32 Å². The lowest BCUT2D eigenvalue weighted by atomic mass is 10.1. The molecule has 0 fully saturated rings. The molecule has 5 nitrogen and oxygen atoms in total. The van der Waals surface area contributed by atoms with Crippen molar-refractivity contribution in [3.8, 4) is 11.3 Å². The second-order valence-electron chi connectivity index (χ2n) is 5.42. The van der Waals surface area contributed by atoms with E-state index in [1.165, 1.54) is 0 Å². The summed E-state index contributed by atoms with van der Waals surface area (Å²) in [7, 11) is 0. The number of benzene rings is 1. The van der Waals surface area contributed by atoms with Crippen LogP contribution in [0, 0.1) is 6.92 Å². The summed E-state index contributed by atoms with van der Waals surface area (Å²) < 4.78 is 1.85. The van der Waals surface area contributed by atoms with Crippen LogP contribution in [0.1, 0.15) is 5.69 Å². The molecule has 0 atom stereocenters. The fourth-order valence-electron chi connectivity index (χ4n) is 2.69. The van der Waals surface area contributed by atoms with Crippen molar-refractivity contribution >= 4 is 28.6 Å². The Hall–Kier alpha value is -2.92. The molecule has 0 aliphatic heterocycles. The van der Waals surface area contributed by atoms with Gasteiger partial charge in [0, 0.05) is 16.9 Å². The van der Waals surface area contributed by atoms with Crippen LogP contribution in [0.15, 0.2) is 61.1 Å². The van der Waals surface area contributed by atoms with Crippen molar-refractivity contribution in [3.05, 3.63) is 71.8 Å². The highest BCUT2D eigenvalue weighted by Gasteiger charge is 2.13. The van der Waals surface area contributed by atoms with Gasteiger partial charge in [-0.2, -0.15) is 5.10 Å². The number of rotatable bonds is 3. The predicted octanol–water partition coefficient (Wildman–Crippen LogP) is 4.50. The Labute approximate surface area is 144 Å². The Morgan fingerprint density at radius 1 is 1.08 bits per heavy atom. The number of nitrogens with zero attached hydrogens (tertiary/aromatic N) is 4. The minimum atomic E-state index is 0.657. The molecular formula is C18H14ClN5. The minimum Gasteiger partial charge on any atom is -0.339 e. The van der Waals surface area contributed by atoms with Gasteiger partial charge in [-0.1, -0.05) is 23.7 Å². The molecule has 0 aliphatic rings. The van der Waals surface area contributed by atoms with Crippen LogP contribution < -0.4 is 5.32 Å². The van der Waals surface area contributed by atoms with E-state index in [1.54, 1.807) is 12.4 Å². The van der Waals surface area contributed by atoms with Crippen LogP contribution >= 0.6 is 11.6 Å². The maximum atomic E-state index is 6.02. The van der Waals surface area contributed by atoms with Gasteiger partial charge in [0.2, 0.25) is 0 Å². The van der Waals surface area contributed by atoms with E-state index < -0.39 is 0 Å². The fourth-order valence-corrected chi connectivity index (χ4v) is 2.88. The maximum absolute atomic E-state index is 6.02. The molecule has 0 aliphatic carbocycles. The first-order valence-corrected chi connectivity index (χ1v) is 7.87. The first-order chi connectivity index (χ1) is 11.7. The average Bonchev–Trinajstić information content (AvgIpc) is 2.91. The number of aryl methyl sites for hydroxylation is 1. The molecule has 0 bridgehead atoms. The van der Waals surface area contributed by atoms with Crippen LogP contribution in [0.5, 0.6) is 0 Å². The molecule has 1 N–H and O–H groups in total. The van der Waals surface area contributed by atoms with Crippen molar-refractivity contribution in [2.24, 2.45) is 0 Å². The van der Waals surface area contributed by atoms with Gasteiger partial charge in [-0.05, 0) is 37.3 Å². The second-order valence-corrected chi connectivity index (χ2v) is 5.85. The highest BCUT2D eigenvalue weighted by Crippen LogP contribution is 2.27. The van der Waals surface area contributed by atoms with Gasteiger partial charge in [0.1, 0.15) is 5.82 Å². The number of hydrogen-bond acceptors (Lipinski definition) is 4. The summed E-state index contributed by atoms with van der Waals surface area (Å²) in [6, 6.07) is 13.5. The number of halogens is 1. The lowest BCUT2D eigenvalue weighted by Crippen LogP contribution is -1.96. The number of aromatic nitrogens is 4. The fraction of sp³-hybridized carbons (Fsp3) is 0.0556. The van der Waals surface area contributed by atoms with Crippen LogP contribution in [0.2, 0.25) is 5.02 Å². The number of hydrogen-bond donors (Lipinski definition) is 1. The van der Waals surface area contributed by atoms with Gasteiger partial charge in [0.15, 0.2) is 0 Å². The topological polar surface area (TPSA) is 55.1 Å². The van der Waals surface area contributed by atoms with E-state index in [-0.39, 0.29) is 0 Å². The lowest BCUT2D eigenvalue weighted by molar-refractivity contribution is 0.934. The zero-order valence-corrected chi connectivity index (χ0v) is 13.7. The Morgan fingerprint density at radius 2 is 2.00 bits per heavy atom. The van der Waals surface area contributed by atoms with E-state index in [1.807, 2.05) is 60.1 Å². The third-order valence-electron chi connectivity index (χ3n) is 3.70. The summed E-state index contributed by atoms with van der Waals surface area (Å²) in [5.41, 5.74) is 4.55. The molecule has 0 unspecified atom stereocenters. The lowest BCUT2D eigenvalue weighted by Gasteiger charge is -2.07. The van der Waals surface area contributed by atoms with Crippen molar-refractivity contribution in [3.63, 3.8) is 0 Å². The Balaban J connectivity index is 1.76. The molecule has 0 radical (unpaired) electrons. The Morgan fingerprint density at radius 3 is 2.88 bits per heavy atom. The standard InChI is InChI=1S/C18H14ClN5/c1-12-18(16-7-2-3-8-24(16)23-12)15-10-20-11-17(22-15)21-14-6-4-5-13(19)9-14/h2-11H,1H3,(H,21,22). The first-order valence-electron chi connectivity index (χ1n) is 7.50. The largest absolute Gasteiger partial charge is 0.339 e. The molecule has 3 heterocycles. The SMILES string of the molecule is Cc1nn2ccccc2c1-c1cncc(Nc2cccc(Cl)c2)n1.